The number of imidazole rings is 1. The van der Waals surface area contributed by atoms with Gasteiger partial charge in [-0.15, -0.1) is 0 Å². The fraction of sp³-hybridized carbons (Fsp3) is 0.136. The van der Waals surface area contributed by atoms with E-state index < -0.39 is 21.8 Å². The molecule has 4 aromatic rings. The molecule has 1 amide bonds. The minimum Gasteiger partial charge on any atom is -0.342 e. The van der Waals surface area contributed by atoms with Gasteiger partial charge in [-0.25, -0.2) is 23.4 Å². The van der Waals surface area contributed by atoms with Crippen molar-refractivity contribution in [1.82, 2.24) is 24.8 Å². The van der Waals surface area contributed by atoms with Crippen LogP contribution in [0.2, 0.25) is 5.02 Å². The zero-order valence-electron chi connectivity index (χ0n) is 17.5. The predicted molar refractivity (Wildman–Crippen MR) is 122 cm³/mol. The summed E-state index contributed by atoms with van der Waals surface area (Å²) < 4.78 is 25.5. The lowest BCUT2D eigenvalue weighted by molar-refractivity contribution is 0.0938. The van der Waals surface area contributed by atoms with Gasteiger partial charge < -0.3 is 5.32 Å². The Morgan fingerprint density at radius 3 is 2.67 bits per heavy atom. The minimum absolute atomic E-state index is 0.0500. The maximum Gasteiger partial charge on any atom is 0.251 e. The van der Waals surface area contributed by atoms with E-state index in [4.69, 9.17) is 16.9 Å². The highest BCUT2D eigenvalue weighted by Gasteiger charge is 2.22. The largest absolute Gasteiger partial charge is 0.342 e. The van der Waals surface area contributed by atoms with Crippen LogP contribution in [0.1, 0.15) is 34.7 Å². The lowest BCUT2D eigenvalue weighted by Gasteiger charge is -2.16. The normalized spacial score (nSPS) is 12.3. The summed E-state index contributed by atoms with van der Waals surface area (Å²) in [6.45, 7) is 1.74. The summed E-state index contributed by atoms with van der Waals surface area (Å²) in [5, 5.41) is 12.0. The van der Waals surface area contributed by atoms with Gasteiger partial charge in [-0.1, -0.05) is 11.6 Å². The summed E-state index contributed by atoms with van der Waals surface area (Å²) in [6, 6.07) is 12.2. The van der Waals surface area contributed by atoms with E-state index in [0.29, 0.717) is 28.4 Å². The third-order valence-corrected chi connectivity index (χ3v) is 6.15. The van der Waals surface area contributed by atoms with Crippen LogP contribution in [0.25, 0.3) is 17.0 Å². The number of nitrogens with zero attached hydrogens (tertiary/aromatic N) is 5. The van der Waals surface area contributed by atoms with E-state index in [1.54, 1.807) is 42.0 Å². The van der Waals surface area contributed by atoms with Gasteiger partial charge in [0.1, 0.15) is 23.2 Å². The van der Waals surface area contributed by atoms with Gasteiger partial charge >= 0.3 is 0 Å². The minimum atomic E-state index is -3.55. The maximum atomic E-state index is 12.9. The van der Waals surface area contributed by atoms with Crippen molar-refractivity contribution in [3.63, 3.8) is 0 Å². The molecule has 4 rings (SSSR count). The number of amides is 1. The molecule has 1 atom stereocenters. The number of fused-ring (bicyclic) bond motifs is 1. The molecule has 0 bridgehead atoms. The number of aromatic nitrogens is 4. The number of nitriles is 1. The molecule has 0 saturated carbocycles. The highest BCUT2D eigenvalue weighted by atomic mass is 35.5. The molecule has 0 aliphatic rings. The van der Waals surface area contributed by atoms with Crippen molar-refractivity contribution in [2.24, 2.45) is 0 Å². The molecule has 0 aliphatic heterocycles. The molecule has 11 heteroatoms. The fourth-order valence-corrected chi connectivity index (χ4v) is 4.27. The Kier molecular flexibility index (Phi) is 5.84. The highest BCUT2D eigenvalue weighted by molar-refractivity contribution is 7.90. The van der Waals surface area contributed by atoms with E-state index in [2.05, 4.69) is 20.3 Å². The van der Waals surface area contributed by atoms with Crippen LogP contribution >= 0.6 is 11.6 Å². The van der Waals surface area contributed by atoms with Gasteiger partial charge in [-0.2, -0.15) is 5.26 Å². The van der Waals surface area contributed by atoms with Crippen molar-refractivity contribution < 1.29 is 13.2 Å². The molecule has 3 heterocycles. The molecule has 0 aliphatic carbocycles. The summed E-state index contributed by atoms with van der Waals surface area (Å²) in [5.41, 5.74) is 1.64. The van der Waals surface area contributed by atoms with Crippen molar-refractivity contribution >= 4 is 38.5 Å². The molecule has 0 fully saturated rings. The number of carbonyl (C=O) groups excluding carboxylic acids is 1. The number of hydrogen-bond donors (Lipinski definition) is 1. The molecular formula is C22H17ClN6O3S. The molecule has 9 nitrogen and oxygen atoms in total. The average molecular weight is 481 g/mol. The van der Waals surface area contributed by atoms with Crippen LogP contribution < -0.4 is 5.32 Å². The first-order chi connectivity index (χ1) is 15.7. The van der Waals surface area contributed by atoms with E-state index in [-0.39, 0.29) is 15.5 Å². The van der Waals surface area contributed by atoms with Crippen molar-refractivity contribution in [2.45, 2.75) is 17.9 Å². The first-order valence-electron chi connectivity index (χ1n) is 9.69. The van der Waals surface area contributed by atoms with Gasteiger partial charge in [-0.3, -0.25) is 9.36 Å². The van der Waals surface area contributed by atoms with Crippen LogP contribution in [0, 0.1) is 11.3 Å². The molecule has 1 N–H and O–H groups in total. The Morgan fingerprint density at radius 2 is 2.00 bits per heavy atom. The van der Waals surface area contributed by atoms with Crippen LogP contribution in [-0.2, 0) is 9.84 Å². The van der Waals surface area contributed by atoms with E-state index in [0.717, 1.165) is 6.26 Å². The number of carbonyl (C=O) groups is 1. The van der Waals surface area contributed by atoms with Crippen molar-refractivity contribution in [2.75, 3.05) is 6.26 Å². The zero-order valence-corrected chi connectivity index (χ0v) is 19.1. The number of halogens is 1. The first kappa shape index (κ1) is 22.4. The summed E-state index contributed by atoms with van der Waals surface area (Å²) in [6.07, 6.45) is 4.11. The average Bonchev–Trinajstić information content (AvgIpc) is 3.18. The number of rotatable bonds is 5. The van der Waals surface area contributed by atoms with Gasteiger partial charge in [0.15, 0.2) is 15.5 Å². The summed E-state index contributed by atoms with van der Waals surface area (Å²) in [4.78, 5) is 26.2. The van der Waals surface area contributed by atoms with Gasteiger partial charge in [0.2, 0.25) is 0 Å². The molecule has 0 spiro atoms. The van der Waals surface area contributed by atoms with E-state index in [1.807, 2.05) is 6.07 Å². The number of hydrogen-bond acceptors (Lipinski definition) is 7. The van der Waals surface area contributed by atoms with E-state index in [1.165, 1.54) is 24.4 Å². The monoisotopic (exact) mass is 480 g/mol. The van der Waals surface area contributed by atoms with E-state index in [9.17, 15) is 13.2 Å². The lowest BCUT2D eigenvalue weighted by atomic mass is 10.2. The van der Waals surface area contributed by atoms with Gasteiger partial charge in [-0.05, 0) is 49.4 Å². The smallest absolute Gasteiger partial charge is 0.251 e. The molecule has 0 unspecified atom stereocenters. The zero-order chi connectivity index (χ0) is 23.8. The highest BCUT2D eigenvalue weighted by Crippen LogP contribution is 2.24. The van der Waals surface area contributed by atoms with Crippen LogP contribution in [0.4, 0.5) is 0 Å². The standard InChI is InChI=1S/C22H17ClN6O3S/c1-13(27-22(30)15-8-16(23)10-17(9-15)33(2,31)32)20-28-18-4-3-7-25-21(18)29(20)19-6-5-14(11-24)12-26-19/h3-10,12-13H,1-2H3,(H,27,30)/t13-/m0/s1. The van der Waals surface area contributed by atoms with Crippen LogP contribution in [0.3, 0.4) is 0 Å². The summed E-state index contributed by atoms with van der Waals surface area (Å²) in [7, 11) is -3.55. The van der Waals surface area contributed by atoms with Crippen molar-refractivity contribution in [3.05, 3.63) is 76.8 Å². The number of pyridine rings is 2. The molecule has 166 valence electrons. The Labute approximate surface area is 194 Å². The number of nitrogens with one attached hydrogen (secondary N) is 1. The second-order valence-electron chi connectivity index (χ2n) is 7.31. The van der Waals surface area contributed by atoms with Crippen LogP contribution in [0.15, 0.2) is 59.8 Å². The second-order valence-corrected chi connectivity index (χ2v) is 9.76. The second kappa shape index (κ2) is 8.61. The van der Waals surface area contributed by atoms with Crippen molar-refractivity contribution in [3.8, 4) is 11.9 Å². The van der Waals surface area contributed by atoms with Crippen LogP contribution in [0.5, 0.6) is 0 Å². The lowest BCUT2D eigenvalue weighted by Crippen LogP contribution is -2.29. The number of benzene rings is 1. The molecule has 1 aromatic carbocycles. The van der Waals surface area contributed by atoms with Gasteiger partial charge in [0.05, 0.1) is 16.5 Å². The Hall–Kier alpha value is -3.81. The topological polar surface area (TPSA) is 131 Å². The van der Waals surface area contributed by atoms with E-state index >= 15 is 0 Å². The Balaban J connectivity index is 1.73. The van der Waals surface area contributed by atoms with Gasteiger partial charge in [0.25, 0.3) is 5.91 Å². The van der Waals surface area contributed by atoms with Gasteiger partial charge in [0, 0.05) is 29.2 Å². The molecule has 3 aromatic heterocycles. The SMILES string of the molecule is C[C@H](NC(=O)c1cc(Cl)cc(S(C)(=O)=O)c1)c1nc2cccnc2n1-c1ccc(C#N)cn1. The molecule has 0 saturated heterocycles. The molecule has 0 radical (unpaired) electrons. The molecular weight excluding hydrogens is 464 g/mol. The summed E-state index contributed by atoms with van der Waals surface area (Å²) >= 11 is 6.04. The predicted octanol–water partition coefficient (Wildman–Crippen LogP) is 3.24. The maximum absolute atomic E-state index is 12.9. The Morgan fingerprint density at radius 1 is 1.21 bits per heavy atom. The first-order valence-corrected chi connectivity index (χ1v) is 12.0. The molecule has 33 heavy (non-hydrogen) atoms. The third-order valence-electron chi connectivity index (χ3n) is 4.84. The Bertz CT molecular complexity index is 1520. The van der Waals surface area contributed by atoms with Crippen LogP contribution in [-0.4, -0.2) is 40.1 Å². The quantitative estimate of drug-likeness (QED) is 0.464. The number of sulfone groups is 1. The van der Waals surface area contributed by atoms with Crippen molar-refractivity contribution in [1.29, 1.82) is 5.26 Å². The third kappa shape index (κ3) is 4.55. The summed E-state index contributed by atoms with van der Waals surface area (Å²) in [5.74, 6) is 0.419. The fourth-order valence-electron chi connectivity index (χ4n) is 3.28.